The SMILES string of the molecule is O=C(Cc1ccc(C(F)(F)F)cn1)C1CC1. The molecular weight excluding hydrogens is 219 g/mol. The molecule has 0 amide bonds. The fourth-order valence-corrected chi connectivity index (χ4v) is 1.42. The first-order chi connectivity index (χ1) is 7.47. The molecule has 1 aromatic rings. The highest BCUT2D eigenvalue weighted by Crippen LogP contribution is 2.31. The molecule has 0 unspecified atom stereocenters. The van der Waals surface area contributed by atoms with E-state index in [1.807, 2.05) is 0 Å². The van der Waals surface area contributed by atoms with E-state index in [1.165, 1.54) is 6.07 Å². The summed E-state index contributed by atoms with van der Waals surface area (Å²) in [6.45, 7) is 0. The maximum Gasteiger partial charge on any atom is 0.417 e. The Hall–Kier alpha value is -1.39. The van der Waals surface area contributed by atoms with Crippen molar-refractivity contribution in [1.82, 2.24) is 4.98 Å². The Balaban J connectivity index is 2.04. The van der Waals surface area contributed by atoms with Gasteiger partial charge in [0.25, 0.3) is 0 Å². The quantitative estimate of drug-likeness (QED) is 0.797. The minimum absolute atomic E-state index is 0.0762. The molecule has 5 heteroatoms. The van der Waals surface area contributed by atoms with Gasteiger partial charge in [0.2, 0.25) is 0 Å². The van der Waals surface area contributed by atoms with Gasteiger partial charge in [-0.05, 0) is 25.0 Å². The molecule has 0 N–H and O–H groups in total. The summed E-state index contributed by atoms with van der Waals surface area (Å²) in [5.74, 6) is 0.191. The Morgan fingerprint density at radius 3 is 2.50 bits per heavy atom. The third-order valence-electron chi connectivity index (χ3n) is 2.54. The molecule has 2 rings (SSSR count). The number of halogens is 3. The van der Waals surface area contributed by atoms with Gasteiger partial charge in [0.05, 0.1) is 5.56 Å². The van der Waals surface area contributed by atoms with Crippen LogP contribution >= 0.6 is 0 Å². The van der Waals surface area contributed by atoms with Gasteiger partial charge in [-0.2, -0.15) is 13.2 Å². The zero-order chi connectivity index (χ0) is 11.8. The lowest BCUT2D eigenvalue weighted by atomic mass is 10.1. The molecule has 16 heavy (non-hydrogen) atoms. The first-order valence-electron chi connectivity index (χ1n) is 5.01. The summed E-state index contributed by atoms with van der Waals surface area (Å²) in [6.07, 6.45) is -1.65. The van der Waals surface area contributed by atoms with Gasteiger partial charge in [-0.15, -0.1) is 0 Å². The second kappa shape index (κ2) is 3.88. The third kappa shape index (κ3) is 2.59. The summed E-state index contributed by atoms with van der Waals surface area (Å²) in [5.41, 5.74) is -0.375. The number of alkyl halides is 3. The summed E-state index contributed by atoms with van der Waals surface area (Å²) < 4.78 is 36.6. The van der Waals surface area contributed by atoms with Gasteiger partial charge in [-0.1, -0.05) is 0 Å². The van der Waals surface area contributed by atoms with Crippen LogP contribution < -0.4 is 0 Å². The van der Waals surface area contributed by atoms with E-state index in [-0.39, 0.29) is 18.1 Å². The van der Waals surface area contributed by atoms with Gasteiger partial charge < -0.3 is 0 Å². The molecule has 1 heterocycles. The molecule has 0 radical (unpaired) electrons. The molecule has 0 aromatic carbocycles. The van der Waals surface area contributed by atoms with Gasteiger partial charge in [0.1, 0.15) is 5.78 Å². The number of ketones is 1. The van der Waals surface area contributed by atoms with Crippen molar-refractivity contribution >= 4 is 5.78 Å². The number of nitrogens with zero attached hydrogens (tertiary/aromatic N) is 1. The Labute approximate surface area is 90.5 Å². The van der Waals surface area contributed by atoms with Crippen molar-refractivity contribution in [3.63, 3.8) is 0 Å². The van der Waals surface area contributed by atoms with Gasteiger partial charge in [0, 0.05) is 24.2 Å². The van der Waals surface area contributed by atoms with Crippen LogP contribution in [-0.2, 0) is 17.4 Å². The third-order valence-corrected chi connectivity index (χ3v) is 2.54. The van der Waals surface area contributed by atoms with Gasteiger partial charge in [0.15, 0.2) is 0 Å². The van der Waals surface area contributed by atoms with Crippen LogP contribution in [0.25, 0.3) is 0 Å². The molecule has 1 aliphatic rings. The molecular formula is C11H10F3NO. The second-order valence-corrected chi connectivity index (χ2v) is 3.95. The number of rotatable bonds is 3. The molecule has 0 aliphatic heterocycles. The molecule has 0 saturated heterocycles. The molecule has 1 aromatic heterocycles. The lowest BCUT2D eigenvalue weighted by molar-refractivity contribution is -0.137. The van der Waals surface area contributed by atoms with Gasteiger partial charge in [-0.3, -0.25) is 9.78 Å². The summed E-state index contributed by atoms with van der Waals surface area (Å²) >= 11 is 0. The predicted octanol–water partition coefficient (Wildman–Crippen LogP) is 2.62. The highest BCUT2D eigenvalue weighted by Gasteiger charge is 2.32. The minimum atomic E-state index is -4.37. The lowest BCUT2D eigenvalue weighted by Crippen LogP contribution is -2.09. The van der Waals surface area contributed by atoms with Gasteiger partial charge in [-0.25, -0.2) is 0 Å². The molecule has 2 nitrogen and oxygen atoms in total. The van der Waals surface area contributed by atoms with Crippen molar-refractivity contribution < 1.29 is 18.0 Å². The van der Waals surface area contributed by atoms with E-state index in [1.54, 1.807) is 0 Å². The summed E-state index contributed by atoms with van der Waals surface area (Å²) in [7, 11) is 0. The topological polar surface area (TPSA) is 30.0 Å². The van der Waals surface area contributed by atoms with Crippen LogP contribution in [0, 0.1) is 5.92 Å². The van der Waals surface area contributed by atoms with Crippen molar-refractivity contribution in [3.05, 3.63) is 29.6 Å². The van der Waals surface area contributed by atoms with Crippen LogP contribution in [0.4, 0.5) is 13.2 Å². The molecule has 1 saturated carbocycles. The van der Waals surface area contributed by atoms with E-state index in [0.717, 1.165) is 25.1 Å². The van der Waals surface area contributed by atoms with Crippen molar-refractivity contribution in [3.8, 4) is 0 Å². The Kier molecular flexibility index (Phi) is 2.69. The first kappa shape index (κ1) is 11.1. The Bertz CT molecular complexity index is 393. The van der Waals surface area contributed by atoms with Crippen LogP contribution in [0.5, 0.6) is 0 Å². The normalized spacial score (nSPS) is 16.2. The van der Waals surface area contributed by atoms with E-state index in [4.69, 9.17) is 0 Å². The molecule has 0 atom stereocenters. The molecule has 0 spiro atoms. The second-order valence-electron chi connectivity index (χ2n) is 3.95. The highest BCUT2D eigenvalue weighted by atomic mass is 19.4. The predicted molar refractivity (Wildman–Crippen MR) is 50.7 cm³/mol. The monoisotopic (exact) mass is 229 g/mol. The lowest BCUT2D eigenvalue weighted by Gasteiger charge is -2.06. The number of hydrogen-bond acceptors (Lipinski definition) is 2. The first-order valence-corrected chi connectivity index (χ1v) is 5.01. The van der Waals surface area contributed by atoms with E-state index in [2.05, 4.69) is 4.98 Å². The summed E-state index contributed by atoms with van der Waals surface area (Å²) in [4.78, 5) is 15.0. The van der Waals surface area contributed by atoms with E-state index in [9.17, 15) is 18.0 Å². The van der Waals surface area contributed by atoms with Crippen LogP contribution in [-0.4, -0.2) is 10.8 Å². The summed E-state index contributed by atoms with van der Waals surface area (Å²) in [6, 6.07) is 2.23. The number of hydrogen-bond donors (Lipinski definition) is 0. The summed E-state index contributed by atoms with van der Waals surface area (Å²) in [5, 5.41) is 0. The van der Waals surface area contributed by atoms with Crippen molar-refractivity contribution in [2.75, 3.05) is 0 Å². The molecule has 1 aliphatic carbocycles. The minimum Gasteiger partial charge on any atom is -0.299 e. The van der Waals surface area contributed by atoms with Crippen LogP contribution in [0.3, 0.4) is 0 Å². The zero-order valence-electron chi connectivity index (χ0n) is 8.42. The maximum absolute atomic E-state index is 12.2. The van der Waals surface area contributed by atoms with Crippen molar-refractivity contribution in [2.24, 2.45) is 5.92 Å². The van der Waals surface area contributed by atoms with E-state index in [0.29, 0.717) is 5.69 Å². The standard InChI is InChI=1S/C11H10F3NO/c12-11(13,14)8-3-4-9(15-6-8)5-10(16)7-1-2-7/h3-4,6-7H,1-2,5H2. The maximum atomic E-state index is 12.2. The van der Waals surface area contributed by atoms with Crippen molar-refractivity contribution in [1.29, 1.82) is 0 Å². The van der Waals surface area contributed by atoms with Gasteiger partial charge >= 0.3 is 6.18 Å². The average Bonchev–Trinajstić information content (AvgIpc) is 3.00. The fourth-order valence-electron chi connectivity index (χ4n) is 1.42. The molecule has 0 bridgehead atoms. The van der Waals surface area contributed by atoms with Crippen LogP contribution in [0.15, 0.2) is 18.3 Å². The number of carbonyl (C=O) groups is 1. The highest BCUT2D eigenvalue weighted by molar-refractivity contribution is 5.84. The average molecular weight is 229 g/mol. The number of carbonyl (C=O) groups excluding carboxylic acids is 1. The Morgan fingerprint density at radius 2 is 2.06 bits per heavy atom. The molecule has 1 fully saturated rings. The largest absolute Gasteiger partial charge is 0.417 e. The Morgan fingerprint density at radius 1 is 1.38 bits per heavy atom. The number of Topliss-reactive ketones (excluding diaryl/α,β-unsaturated/α-hetero) is 1. The van der Waals surface area contributed by atoms with Crippen molar-refractivity contribution in [2.45, 2.75) is 25.4 Å². The van der Waals surface area contributed by atoms with Crippen LogP contribution in [0.1, 0.15) is 24.1 Å². The number of pyridine rings is 1. The molecule has 86 valence electrons. The fraction of sp³-hybridized carbons (Fsp3) is 0.455. The van der Waals surface area contributed by atoms with E-state index < -0.39 is 11.7 Å². The number of aromatic nitrogens is 1. The smallest absolute Gasteiger partial charge is 0.299 e. The van der Waals surface area contributed by atoms with E-state index >= 15 is 0 Å². The van der Waals surface area contributed by atoms with Crippen LogP contribution in [0.2, 0.25) is 0 Å². The zero-order valence-corrected chi connectivity index (χ0v) is 8.42.